The topological polar surface area (TPSA) is 75.1 Å². The number of nitrogens with zero attached hydrogens (tertiary/aromatic N) is 3. The smallest absolute Gasteiger partial charge is 0.233 e. The van der Waals surface area contributed by atoms with Crippen LogP contribution < -0.4 is 14.2 Å². The molecule has 2 rings (SSSR count). The van der Waals surface area contributed by atoms with Crippen LogP contribution in [0.15, 0.2) is 41.6 Å². The molecule has 0 amide bonds. The van der Waals surface area contributed by atoms with E-state index < -0.39 is 0 Å². The van der Waals surface area contributed by atoms with E-state index in [2.05, 4.69) is 34.0 Å². The van der Waals surface area contributed by atoms with Crippen LogP contribution >= 0.6 is 0 Å². The first-order valence-corrected chi connectivity index (χ1v) is 10.6. The van der Waals surface area contributed by atoms with E-state index in [1.807, 2.05) is 31.2 Å². The Morgan fingerprint density at radius 2 is 1.61 bits per heavy atom. The molecular formula is C24H33N3O4. The van der Waals surface area contributed by atoms with Gasteiger partial charge in [-0.2, -0.15) is 0 Å². The van der Waals surface area contributed by atoms with Gasteiger partial charge in [0.1, 0.15) is 30.9 Å². The fraction of sp³-hybridized carbons (Fsp3) is 0.458. The summed E-state index contributed by atoms with van der Waals surface area (Å²) >= 11 is 0. The van der Waals surface area contributed by atoms with Crippen LogP contribution in [0.1, 0.15) is 49.4 Å². The lowest BCUT2D eigenvalue weighted by molar-refractivity contribution is 0.215. The molecule has 1 aromatic carbocycles. The van der Waals surface area contributed by atoms with Crippen LogP contribution in [0.25, 0.3) is 0 Å². The van der Waals surface area contributed by atoms with Gasteiger partial charge in [-0.15, -0.1) is 10.2 Å². The van der Waals surface area contributed by atoms with Gasteiger partial charge in [0.05, 0.1) is 19.4 Å². The summed E-state index contributed by atoms with van der Waals surface area (Å²) in [4.78, 5) is 4.61. The lowest BCUT2D eigenvalue weighted by Crippen LogP contribution is -2.03. The average molecular weight is 428 g/mol. The summed E-state index contributed by atoms with van der Waals surface area (Å²) in [5, 5.41) is 11.6. The molecule has 1 heterocycles. The lowest BCUT2D eigenvalue weighted by atomic mass is 10.1. The molecule has 31 heavy (non-hydrogen) atoms. The zero-order chi connectivity index (χ0) is 22.3. The molecule has 0 spiro atoms. The highest BCUT2D eigenvalue weighted by atomic mass is 16.6. The summed E-state index contributed by atoms with van der Waals surface area (Å²) in [6.45, 7) is 8.01. The van der Waals surface area contributed by atoms with Gasteiger partial charge in [-0.05, 0) is 75.8 Å². The predicted octanol–water partition coefficient (Wildman–Crippen LogP) is 5.05. The quantitative estimate of drug-likeness (QED) is 0.182. The number of allylic oxidation sites excluding steroid dienone is 1. The van der Waals surface area contributed by atoms with E-state index in [1.165, 1.54) is 13.3 Å². The Balaban J connectivity index is 1.60. The van der Waals surface area contributed by atoms with Crippen molar-refractivity contribution in [1.82, 2.24) is 10.2 Å². The second kappa shape index (κ2) is 14.0. The highest BCUT2D eigenvalue weighted by Crippen LogP contribution is 2.28. The van der Waals surface area contributed by atoms with Crippen molar-refractivity contribution in [3.8, 4) is 17.4 Å². The molecule has 7 heteroatoms. The molecule has 0 saturated carbocycles. The highest BCUT2D eigenvalue weighted by Gasteiger charge is 2.07. The zero-order valence-corrected chi connectivity index (χ0v) is 19.0. The van der Waals surface area contributed by atoms with Crippen molar-refractivity contribution in [2.75, 3.05) is 26.9 Å². The second-order valence-electron chi connectivity index (χ2n) is 7.09. The molecule has 0 atom stereocenters. The van der Waals surface area contributed by atoms with E-state index in [1.54, 1.807) is 12.1 Å². The van der Waals surface area contributed by atoms with E-state index >= 15 is 0 Å². The molecule has 0 aliphatic rings. The Morgan fingerprint density at radius 1 is 0.903 bits per heavy atom. The maximum Gasteiger partial charge on any atom is 0.233 e. The number of hydrogen-bond acceptors (Lipinski definition) is 7. The normalized spacial score (nSPS) is 11.2. The van der Waals surface area contributed by atoms with Gasteiger partial charge >= 0.3 is 0 Å². The maximum absolute atomic E-state index is 6.02. The van der Waals surface area contributed by atoms with E-state index in [0.29, 0.717) is 31.4 Å². The standard InChI is InChI=1S/C24H33N3O4/c1-5-6-13-29-22-16-19(2)24(20(3)17-22)31-15-10-8-7-9-14-30-23-12-11-21(26-27-23)18-25-28-4/h5-6,11-12,16-18H,7-10,13-15H2,1-4H3/b6-5+,25-18?. The zero-order valence-electron chi connectivity index (χ0n) is 19.0. The molecule has 0 aliphatic heterocycles. The number of benzene rings is 1. The number of ether oxygens (including phenoxy) is 3. The van der Waals surface area contributed by atoms with Crippen LogP contribution in [0.4, 0.5) is 0 Å². The fourth-order valence-electron chi connectivity index (χ4n) is 2.95. The van der Waals surface area contributed by atoms with Gasteiger partial charge in [0.25, 0.3) is 0 Å². The first-order valence-electron chi connectivity index (χ1n) is 10.6. The minimum Gasteiger partial charge on any atom is -0.493 e. The van der Waals surface area contributed by atoms with Gasteiger partial charge in [-0.3, -0.25) is 0 Å². The van der Waals surface area contributed by atoms with Crippen LogP contribution in [0.3, 0.4) is 0 Å². The number of aryl methyl sites for hydroxylation is 2. The lowest BCUT2D eigenvalue weighted by Gasteiger charge is -2.14. The maximum atomic E-state index is 6.02. The molecule has 7 nitrogen and oxygen atoms in total. The fourth-order valence-corrected chi connectivity index (χ4v) is 2.95. The van der Waals surface area contributed by atoms with Gasteiger partial charge in [0.2, 0.25) is 5.88 Å². The predicted molar refractivity (Wildman–Crippen MR) is 122 cm³/mol. The molecule has 0 fully saturated rings. The number of rotatable bonds is 14. The minimum atomic E-state index is 0.516. The van der Waals surface area contributed by atoms with Gasteiger partial charge in [0.15, 0.2) is 0 Å². The molecule has 168 valence electrons. The van der Waals surface area contributed by atoms with Crippen molar-refractivity contribution in [1.29, 1.82) is 0 Å². The first-order chi connectivity index (χ1) is 15.1. The highest BCUT2D eigenvalue weighted by molar-refractivity contribution is 5.75. The van der Waals surface area contributed by atoms with Gasteiger partial charge in [-0.25, -0.2) is 0 Å². The van der Waals surface area contributed by atoms with Gasteiger partial charge in [-0.1, -0.05) is 17.3 Å². The molecule has 0 aliphatic carbocycles. The number of unbranched alkanes of at least 4 members (excludes halogenated alkanes) is 3. The summed E-state index contributed by atoms with van der Waals surface area (Å²) in [6.07, 6.45) is 9.60. The van der Waals surface area contributed by atoms with Crippen LogP contribution in [0.5, 0.6) is 17.4 Å². The number of aromatic nitrogens is 2. The second-order valence-corrected chi connectivity index (χ2v) is 7.09. The SMILES string of the molecule is C/C=C/COc1cc(C)c(OCCCCCCOc2ccc(C=NOC)nn2)c(C)c1. The van der Waals surface area contributed by atoms with Gasteiger partial charge in [0, 0.05) is 6.07 Å². The summed E-state index contributed by atoms with van der Waals surface area (Å²) in [5.41, 5.74) is 2.82. The summed E-state index contributed by atoms with van der Waals surface area (Å²) < 4.78 is 17.4. The van der Waals surface area contributed by atoms with Crippen molar-refractivity contribution < 1.29 is 19.0 Å². The van der Waals surface area contributed by atoms with Crippen LogP contribution in [-0.2, 0) is 4.84 Å². The van der Waals surface area contributed by atoms with E-state index in [-0.39, 0.29) is 0 Å². The van der Waals surface area contributed by atoms with E-state index in [9.17, 15) is 0 Å². The van der Waals surface area contributed by atoms with Gasteiger partial charge < -0.3 is 19.0 Å². The number of oxime groups is 1. The van der Waals surface area contributed by atoms with Crippen molar-refractivity contribution in [2.45, 2.75) is 46.5 Å². The molecule has 0 unspecified atom stereocenters. The molecule has 0 N–H and O–H groups in total. The Hall–Kier alpha value is -3.09. The number of hydrogen-bond donors (Lipinski definition) is 0. The van der Waals surface area contributed by atoms with E-state index in [0.717, 1.165) is 48.3 Å². The third kappa shape index (κ3) is 9.07. The Labute approximate surface area is 185 Å². The third-order valence-corrected chi connectivity index (χ3v) is 4.50. The average Bonchev–Trinajstić information content (AvgIpc) is 2.76. The van der Waals surface area contributed by atoms with Crippen molar-refractivity contribution >= 4 is 6.21 Å². The molecule has 1 aromatic heterocycles. The summed E-state index contributed by atoms with van der Waals surface area (Å²) in [6, 6.07) is 7.62. The van der Waals surface area contributed by atoms with Crippen molar-refractivity contribution in [2.24, 2.45) is 5.16 Å². The van der Waals surface area contributed by atoms with Crippen LogP contribution in [-0.4, -0.2) is 43.3 Å². The minimum absolute atomic E-state index is 0.516. The Kier molecular flexibility index (Phi) is 10.9. The molecular weight excluding hydrogens is 394 g/mol. The third-order valence-electron chi connectivity index (χ3n) is 4.50. The summed E-state index contributed by atoms with van der Waals surface area (Å²) in [5.74, 6) is 2.35. The Bertz CT molecular complexity index is 812. The first kappa shape index (κ1) is 24.2. The Morgan fingerprint density at radius 3 is 2.23 bits per heavy atom. The van der Waals surface area contributed by atoms with Crippen molar-refractivity contribution in [3.05, 3.63) is 53.2 Å². The molecule has 0 bridgehead atoms. The largest absolute Gasteiger partial charge is 0.493 e. The molecule has 0 radical (unpaired) electrons. The van der Waals surface area contributed by atoms with Crippen LogP contribution in [0, 0.1) is 13.8 Å². The van der Waals surface area contributed by atoms with E-state index in [4.69, 9.17) is 14.2 Å². The van der Waals surface area contributed by atoms with Crippen LogP contribution in [0.2, 0.25) is 0 Å². The molecule has 0 saturated heterocycles. The molecule has 2 aromatic rings. The summed E-state index contributed by atoms with van der Waals surface area (Å²) in [7, 11) is 1.48. The van der Waals surface area contributed by atoms with Crippen molar-refractivity contribution in [3.63, 3.8) is 0 Å². The monoisotopic (exact) mass is 427 g/mol.